The molecule has 0 saturated carbocycles. The molecule has 0 fully saturated rings. The second-order valence-corrected chi connectivity index (χ2v) is 16.9. The van der Waals surface area contributed by atoms with E-state index >= 15 is 0 Å². The predicted molar refractivity (Wildman–Crippen MR) is 223 cm³/mol. The van der Waals surface area contributed by atoms with Gasteiger partial charge in [-0.2, -0.15) is 0 Å². The number of esters is 2. The highest BCUT2D eigenvalue weighted by Gasteiger charge is 2.21. The fraction of sp³-hybridized carbons (Fsp3) is 0.773. The van der Waals surface area contributed by atoms with Crippen LogP contribution in [-0.4, -0.2) is 81.2 Å². The number of carbonyl (C=O) groups is 2. The van der Waals surface area contributed by atoms with E-state index in [1.165, 1.54) is 51.4 Å². The smallest absolute Gasteiger partial charge is 0.306 e. The lowest BCUT2D eigenvalue weighted by Crippen LogP contribution is -2.37. The van der Waals surface area contributed by atoms with Crippen molar-refractivity contribution in [3.05, 3.63) is 48.6 Å². The fourth-order valence-electron chi connectivity index (χ4n) is 5.51. The zero-order valence-corrected chi connectivity index (χ0v) is 36.4. The molecule has 10 nitrogen and oxygen atoms in total. The minimum Gasteiger partial charge on any atom is -0.756 e. The Bertz CT molecular complexity index is 1100. The highest BCUT2D eigenvalue weighted by Crippen LogP contribution is 2.38. The molecular formula is C44H80NO9P. The Morgan fingerprint density at radius 2 is 1.22 bits per heavy atom. The standard InChI is InChI=1S/C44H80NO9P/c1-6-8-10-11-12-13-14-15-16-17-18-21-25-28-32-36-44(48)54-42(40-53-55(49,50)52-38-37-45(3,4)5)39-51-43(47)35-31-27-24-22-19-20-23-26-30-34-41(46)33-29-9-7-2/h9,13-14,23,26,29-30,34,41-42,46H,6-8,10-12,15-22,24-25,27-28,31-33,35-40H2,1-5H3/b14-13-,26-23+,29-9+,34-30+/t41?,42-/m1/s1. The molecule has 11 heteroatoms. The van der Waals surface area contributed by atoms with Gasteiger partial charge in [0.1, 0.15) is 19.8 Å². The number of quaternary nitrogens is 1. The summed E-state index contributed by atoms with van der Waals surface area (Å²) in [5, 5.41) is 9.87. The van der Waals surface area contributed by atoms with Gasteiger partial charge >= 0.3 is 11.9 Å². The monoisotopic (exact) mass is 798 g/mol. The van der Waals surface area contributed by atoms with Crippen molar-refractivity contribution in [3.8, 4) is 0 Å². The quantitative estimate of drug-likeness (QED) is 0.0162. The molecule has 0 spiro atoms. The van der Waals surface area contributed by atoms with Gasteiger partial charge in [-0.05, 0) is 64.2 Å². The normalized spacial score (nSPS) is 14.7. The van der Waals surface area contributed by atoms with Gasteiger partial charge in [-0.15, -0.1) is 0 Å². The number of aliphatic hydroxyl groups is 1. The molecule has 0 aromatic heterocycles. The number of likely N-dealkylation sites (N-methyl/N-ethyl adjacent to an activating group) is 1. The van der Waals surface area contributed by atoms with Crippen LogP contribution in [0.2, 0.25) is 0 Å². The predicted octanol–water partition coefficient (Wildman–Crippen LogP) is 10.2. The number of phosphoric acid groups is 1. The molecule has 0 aliphatic carbocycles. The minimum absolute atomic E-state index is 0.0452. The maximum absolute atomic E-state index is 12.7. The van der Waals surface area contributed by atoms with Gasteiger partial charge in [-0.3, -0.25) is 14.2 Å². The first kappa shape index (κ1) is 52.9. The van der Waals surface area contributed by atoms with E-state index in [0.29, 0.717) is 30.3 Å². The first-order chi connectivity index (χ1) is 26.4. The molecule has 320 valence electrons. The van der Waals surface area contributed by atoms with E-state index in [-0.39, 0.29) is 26.1 Å². The van der Waals surface area contributed by atoms with Gasteiger partial charge in [0.05, 0.1) is 33.9 Å². The maximum atomic E-state index is 12.7. The molecule has 0 amide bonds. The third-order valence-corrected chi connectivity index (χ3v) is 9.88. The molecule has 0 heterocycles. The first-order valence-electron chi connectivity index (χ1n) is 21.5. The Kier molecular flexibility index (Phi) is 34.9. The summed E-state index contributed by atoms with van der Waals surface area (Å²) in [4.78, 5) is 37.5. The molecule has 2 unspecified atom stereocenters. The SMILES string of the molecule is CC/C=C/CC(O)/C=C/C=C/CCCCCCCC(=O)OC[C@H](COP(=O)([O-])OCC[N+](C)(C)C)OC(=O)CCCCCCCCC/C=C\CCCCCC. The van der Waals surface area contributed by atoms with Gasteiger partial charge in [-0.1, -0.05) is 133 Å². The lowest BCUT2D eigenvalue weighted by atomic mass is 10.1. The Balaban J connectivity index is 4.45. The maximum Gasteiger partial charge on any atom is 0.306 e. The van der Waals surface area contributed by atoms with Crippen LogP contribution in [0.5, 0.6) is 0 Å². The van der Waals surface area contributed by atoms with Crippen LogP contribution >= 0.6 is 7.82 Å². The van der Waals surface area contributed by atoms with Gasteiger partial charge < -0.3 is 33.0 Å². The number of unbranched alkanes of at least 4 members (excludes halogenated alkanes) is 16. The van der Waals surface area contributed by atoms with Crippen molar-refractivity contribution >= 4 is 19.8 Å². The second-order valence-electron chi connectivity index (χ2n) is 15.5. The molecular weight excluding hydrogens is 717 g/mol. The molecule has 55 heavy (non-hydrogen) atoms. The lowest BCUT2D eigenvalue weighted by Gasteiger charge is -2.28. The van der Waals surface area contributed by atoms with Crippen LogP contribution in [0.25, 0.3) is 0 Å². The number of carbonyl (C=O) groups excluding carboxylic acids is 2. The summed E-state index contributed by atoms with van der Waals surface area (Å²) in [6, 6.07) is 0. The van der Waals surface area contributed by atoms with Crippen molar-refractivity contribution < 1.29 is 47.2 Å². The van der Waals surface area contributed by atoms with Gasteiger partial charge in [0.15, 0.2) is 6.10 Å². The number of aliphatic hydroxyl groups excluding tert-OH is 1. The van der Waals surface area contributed by atoms with Crippen LogP contribution in [0.3, 0.4) is 0 Å². The van der Waals surface area contributed by atoms with Crippen molar-refractivity contribution in [2.45, 2.75) is 174 Å². The number of hydrogen-bond acceptors (Lipinski definition) is 9. The molecule has 0 aromatic carbocycles. The lowest BCUT2D eigenvalue weighted by molar-refractivity contribution is -0.870. The number of nitrogens with zero attached hydrogens (tertiary/aromatic N) is 1. The summed E-state index contributed by atoms with van der Waals surface area (Å²) in [5.74, 6) is -0.896. The van der Waals surface area contributed by atoms with Crippen LogP contribution < -0.4 is 4.89 Å². The van der Waals surface area contributed by atoms with Gasteiger partial charge in [0, 0.05) is 12.8 Å². The van der Waals surface area contributed by atoms with Crippen molar-refractivity contribution in [1.29, 1.82) is 0 Å². The van der Waals surface area contributed by atoms with E-state index in [4.69, 9.17) is 18.5 Å². The van der Waals surface area contributed by atoms with Crippen LogP contribution in [0.15, 0.2) is 48.6 Å². The van der Waals surface area contributed by atoms with E-state index in [0.717, 1.165) is 64.2 Å². The summed E-state index contributed by atoms with van der Waals surface area (Å²) in [5.41, 5.74) is 0. The largest absolute Gasteiger partial charge is 0.756 e. The zero-order chi connectivity index (χ0) is 40.9. The summed E-state index contributed by atoms with van der Waals surface area (Å²) >= 11 is 0. The van der Waals surface area contributed by atoms with Crippen LogP contribution in [0, 0.1) is 0 Å². The van der Waals surface area contributed by atoms with Crippen LogP contribution in [0.1, 0.15) is 162 Å². The molecule has 0 rings (SSSR count). The van der Waals surface area contributed by atoms with E-state index < -0.39 is 38.6 Å². The zero-order valence-electron chi connectivity index (χ0n) is 35.5. The van der Waals surface area contributed by atoms with Gasteiger partial charge in [0.25, 0.3) is 7.82 Å². The molecule has 0 radical (unpaired) electrons. The molecule has 0 saturated heterocycles. The molecule has 1 N–H and O–H groups in total. The third kappa shape index (κ3) is 39.9. The van der Waals surface area contributed by atoms with Crippen molar-refractivity contribution in [3.63, 3.8) is 0 Å². The second kappa shape index (κ2) is 36.3. The third-order valence-electron chi connectivity index (χ3n) is 8.91. The summed E-state index contributed by atoms with van der Waals surface area (Å²) in [6.45, 7) is 3.94. The Morgan fingerprint density at radius 1 is 0.673 bits per heavy atom. The minimum atomic E-state index is -4.64. The van der Waals surface area contributed by atoms with Crippen molar-refractivity contribution in [1.82, 2.24) is 0 Å². The Labute approximate surface area is 336 Å². The fourth-order valence-corrected chi connectivity index (χ4v) is 6.24. The molecule has 3 atom stereocenters. The first-order valence-corrected chi connectivity index (χ1v) is 22.9. The summed E-state index contributed by atoms with van der Waals surface area (Å²) in [7, 11) is 1.11. The number of rotatable bonds is 38. The molecule has 0 aliphatic heterocycles. The van der Waals surface area contributed by atoms with Gasteiger partial charge in [-0.25, -0.2) is 0 Å². The van der Waals surface area contributed by atoms with Gasteiger partial charge in [0.2, 0.25) is 0 Å². The highest BCUT2D eigenvalue weighted by molar-refractivity contribution is 7.45. The molecule has 0 aromatic rings. The Hall–Kier alpha value is -2.07. The van der Waals surface area contributed by atoms with Crippen molar-refractivity contribution in [2.75, 3.05) is 47.5 Å². The number of hydrogen-bond donors (Lipinski definition) is 1. The average molecular weight is 798 g/mol. The van der Waals surface area contributed by atoms with E-state index in [1.54, 1.807) is 6.08 Å². The highest BCUT2D eigenvalue weighted by atomic mass is 31.2. The molecule has 0 aliphatic rings. The number of ether oxygens (including phenoxy) is 2. The van der Waals surface area contributed by atoms with E-state index in [9.17, 15) is 24.2 Å². The topological polar surface area (TPSA) is 131 Å². The molecule has 0 bridgehead atoms. The Morgan fingerprint density at radius 3 is 1.80 bits per heavy atom. The van der Waals surface area contributed by atoms with Crippen LogP contribution in [-0.2, 0) is 32.7 Å². The van der Waals surface area contributed by atoms with E-state index in [2.05, 4.69) is 32.1 Å². The summed E-state index contributed by atoms with van der Waals surface area (Å²) in [6.07, 6.45) is 37.5. The average Bonchev–Trinajstić information content (AvgIpc) is 3.12. The number of phosphoric ester groups is 1. The van der Waals surface area contributed by atoms with E-state index in [1.807, 2.05) is 45.4 Å². The number of allylic oxidation sites excluding steroid dienone is 6. The van der Waals surface area contributed by atoms with Crippen molar-refractivity contribution in [2.24, 2.45) is 0 Å². The summed E-state index contributed by atoms with van der Waals surface area (Å²) < 4.78 is 33.8. The van der Waals surface area contributed by atoms with Crippen LogP contribution in [0.4, 0.5) is 0 Å².